The van der Waals surface area contributed by atoms with E-state index in [1.54, 1.807) is 4.90 Å². The highest BCUT2D eigenvalue weighted by atomic mass is 16.5. The molecule has 1 aliphatic heterocycles. The summed E-state index contributed by atoms with van der Waals surface area (Å²) in [5.41, 5.74) is 4.68. The van der Waals surface area contributed by atoms with Crippen LogP contribution in [-0.4, -0.2) is 59.3 Å². The number of aromatic nitrogens is 2. The van der Waals surface area contributed by atoms with Crippen LogP contribution < -0.4 is 4.90 Å². The summed E-state index contributed by atoms with van der Waals surface area (Å²) in [6.45, 7) is 1.15. The van der Waals surface area contributed by atoms with E-state index in [9.17, 15) is 9.59 Å². The van der Waals surface area contributed by atoms with Gasteiger partial charge < -0.3 is 14.5 Å². The van der Waals surface area contributed by atoms with Crippen molar-refractivity contribution in [2.75, 3.05) is 31.6 Å². The van der Waals surface area contributed by atoms with Crippen LogP contribution in [0.25, 0.3) is 16.9 Å². The monoisotopic (exact) mass is 556 g/mol. The van der Waals surface area contributed by atoms with Gasteiger partial charge in [0.2, 0.25) is 5.91 Å². The lowest BCUT2D eigenvalue weighted by molar-refractivity contribution is -0.153. The summed E-state index contributed by atoms with van der Waals surface area (Å²) >= 11 is 0. The van der Waals surface area contributed by atoms with Crippen LogP contribution in [0, 0.1) is 0 Å². The minimum Gasteiger partial charge on any atom is -0.467 e. The van der Waals surface area contributed by atoms with E-state index in [1.165, 1.54) is 7.11 Å². The number of methoxy groups -OCH3 is 1. The fourth-order valence-corrected chi connectivity index (χ4v) is 5.63. The minimum absolute atomic E-state index is 0.123. The van der Waals surface area contributed by atoms with Gasteiger partial charge in [0.05, 0.1) is 31.0 Å². The summed E-state index contributed by atoms with van der Waals surface area (Å²) in [7, 11) is 1.37. The Morgan fingerprint density at radius 1 is 0.762 bits per heavy atom. The zero-order valence-corrected chi connectivity index (χ0v) is 23.4. The molecular weight excluding hydrogens is 524 g/mol. The topological polar surface area (TPSA) is 67.7 Å². The molecule has 0 aliphatic carbocycles. The highest BCUT2D eigenvalue weighted by Crippen LogP contribution is 2.32. The number of nitrogens with zero attached hydrogens (tertiary/aromatic N) is 4. The first kappa shape index (κ1) is 27.0. The summed E-state index contributed by atoms with van der Waals surface area (Å²) in [4.78, 5) is 31.2. The molecule has 0 saturated carbocycles. The largest absolute Gasteiger partial charge is 0.467 e. The van der Waals surface area contributed by atoms with Crippen molar-refractivity contribution in [3.8, 4) is 16.9 Å². The second-order valence-electron chi connectivity index (χ2n) is 10.3. The van der Waals surface area contributed by atoms with Gasteiger partial charge in [0.1, 0.15) is 6.04 Å². The van der Waals surface area contributed by atoms with Crippen molar-refractivity contribution in [1.29, 1.82) is 0 Å². The number of anilines is 1. The van der Waals surface area contributed by atoms with Crippen LogP contribution in [0.1, 0.15) is 17.0 Å². The Kier molecular flexibility index (Phi) is 7.81. The normalized spacial score (nSPS) is 15.0. The van der Waals surface area contributed by atoms with E-state index in [4.69, 9.17) is 9.84 Å². The molecule has 5 aromatic rings. The van der Waals surface area contributed by atoms with Gasteiger partial charge in [-0.15, -0.1) is 5.10 Å². The van der Waals surface area contributed by atoms with Gasteiger partial charge in [-0.3, -0.25) is 4.79 Å². The Bertz CT molecular complexity index is 1540. The fraction of sp³-hybridized carbons (Fsp3) is 0.171. The molecule has 0 spiro atoms. The molecule has 4 aromatic carbocycles. The number of esters is 1. The Morgan fingerprint density at radius 3 is 1.88 bits per heavy atom. The van der Waals surface area contributed by atoms with E-state index in [0.29, 0.717) is 13.1 Å². The summed E-state index contributed by atoms with van der Waals surface area (Å²) in [6.07, 6.45) is 0. The van der Waals surface area contributed by atoms with Crippen LogP contribution in [0.4, 0.5) is 5.82 Å². The molecule has 1 aromatic heterocycles. The van der Waals surface area contributed by atoms with Crippen LogP contribution in [0.2, 0.25) is 0 Å². The zero-order valence-electron chi connectivity index (χ0n) is 23.4. The van der Waals surface area contributed by atoms with Gasteiger partial charge in [-0.05, 0) is 23.3 Å². The average molecular weight is 557 g/mol. The second-order valence-corrected chi connectivity index (χ2v) is 10.3. The summed E-state index contributed by atoms with van der Waals surface area (Å²) in [5.74, 6) is -0.365. The molecule has 1 fully saturated rings. The standard InChI is InChI=1S/C35H32N4O3/c1-42-35(41)31-25-37(32-24-30(26-14-6-2-7-15-26)39(36-32)29-20-12-5-13-21-29)22-23-38(31)34(40)33(27-16-8-3-9-17-27)28-18-10-4-11-19-28/h2-21,24,31,33H,22-23,25H2,1H3. The highest BCUT2D eigenvalue weighted by Gasteiger charge is 2.40. The van der Waals surface area contributed by atoms with Crippen LogP contribution in [0.3, 0.4) is 0 Å². The van der Waals surface area contributed by atoms with E-state index in [2.05, 4.69) is 17.0 Å². The minimum atomic E-state index is -0.784. The average Bonchev–Trinajstić information content (AvgIpc) is 3.52. The first-order valence-corrected chi connectivity index (χ1v) is 14.1. The second kappa shape index (κ2) is 12.1. The number of benzene rings is 4. The van der Waals surface area contributed by atoms with E-state index in [1.807, 2.05) is 120 Å². The number of hydrogen-bond donors (Lipinski definition) is 0. The van der Waals surface area contributed by atoms with E-state index >= 15 is 0 Å². The smallest absolute Gasteiger partial charge is 0.330 e. The van der Waals surface area contributed by atoms with E-state index in [-0.39, 0.29) is 12.5 Å². The third kappa shape index (κ3) is 5.41. The molecule has 6 rings (SSSR count). The molecule has 42 heavy (non-hydrogen) atoms. The number of rotatable bonds is 7. The number of ether oxygens (including phenoxy) is 1. The molecule has 0 radical (unpaired) electrons. The number of piperazine rings is 1. The molecule has 1 amide bonds. The molecule has 210 valence electrons. The first-order chi connectivity index (χ1) is 20.6. The molecule has 1 atom stereocenters. The number of carbonyl (C=O) groups is 2. The quantitative estimate of drug-likeness (QED) is 0.246. The van der Waals surface area contributed by atoms with Crippen molar-refractivity contribution in [2.45, 2.75) is 12.0 Å². The summed E-state index contributed by atoms with van der Waals surface area (Å²) < 4.78 is 7.15. The first-order valence-electron chi connectivity index (χ1n) is 14.1. The Labute approximate surface area is 245 Å². The van der Waals surface area contributed by atoms with Crippen LogP contribution in [-0.2, 0) is 14.3 Å². The third-order valence-corrected chi connectivity index (χ3v) is 7.74. The molecule has 1 saturated heterocycles. The van der Waals surface area contributed by atoms with Crippen molar-refractivity contribution in [1.82, 2.24) is 14.7 Å². The lowest BCUT2D eigenvalue weighted by Gasteiger charge is -2.41. The lowest BCUT2D eigenvalue weighted by atomic mass is 9.89. The Morgan fingerprint density at radius 2 is 1.31 bits per heavy atom. The predicted molar refractivity (Wildman–Crippen MR) is 163 cm³/mol. The highest BCUT2D eigenvalue weighted by molar-refractivity contribution is 5.91. The number of carbonyl (C=O) groups excluding carboxylic acids is 2. The number of hydrogen-bond acceptors (Lipinski definition) is 5. The van der Waals surface area contributed by atoms with Crippen molar-refractivity contribution in [3.63, 3.8) is 0 Å². The molecule has 2 heterocycles. The Balaban J connectivity index is 1.34. The Hall–Kier alpha value is -5.17. The number of para-hydroxylation sites is 1. The molecule has 7 heteroatoms. The predicted octanol–water partition coefficient (Wildman–Crippen LogP) is 5.56. The van der Waals surface area contributed by atoms with Gasteiger partial charge in [-0.25, -0.2) is 9.48 Å². The maximum absolute atomic E-state index is 14.3. The van der Waals surface area contributed by atoms with Crippen LogP contribution >= 0.6 is 0 Å². The van der Waals surface area contributed by atoms with Crippen LogP contribution in [0.5, 0.6) is 0 Å². The molecule has 1 unspecified atom stereocenters. The summed E-state index contributed by atoms with van der Waals surface area (Å²) in [6, 6.07) is 40.8. The maximum atomic E-state index is 14.3. The van der Waals surface area contributed by atoms with Gasteiger partial charge >= 0.3 is 5.97 Å². The van der Waals surface area contributed by atoms with Gasteiger partial charge in [0, 0.05) is 24.7 Å². The van der Waals surface area contributed by atoms with Gasteiger partial charge in [-0.2, -0.15) is 0 Å². The number of amides is 1. The molecule has 0 bridgehead atoms. The van der Waals surface area contributed by atoms with Gasteiger partial charge in [-0.1, -0.05) is 109 Å². The third-order valence-electron chi connectivity index (χ3n) is 7.74. The molecule has 7 nitrogen and oxygen atoms in total. The summed E-state index contributed by atoms with van der Waals surface area (Å²) in [5, 5.41) is 4.99. The van der Waals surface area contributed by atoms with Crippen molar-refractivity contribution >= 4 is 17.7 Å². The fourth-order valence-electron chi connectivity index (χ4n) is 5.63. The zero-order chi connectivity index (χ0) is 28.9. The maximum Gasteiger partial charge on any atom is 0.330 e. The van der Waals surface area contributed by atoms with E-state index in [0.717, 1.165) is 33.9 Å². The van der Waals surface area contributed by atoms with Gasteiger partial charge in [0.15, 0.2) is 5.82 Å². The van der Waals surface area contributed by atoms with Gasteiger partial charge in [0.25, 0.3) is 0 Å². The van der Waals surface area contributed by atoms with Crippen molar-refractivity contribution in [2.24, 2.45) is 0 Å². The van der Waals surface area contributed by atoms with Crippen LogP contribution in [0.15, 0.2) is 127 Å². The van der Waals surface area contributed by atoms with Crippen molar-refractivity contribution in [3.05, 3.63) is 139 Å². The molecule has 1 aliphatic rings. The molecule has 0 N–H and O–H groups in total. The SMILES string of the molecule is COC(=O)C1CN(c2cc(-c3ccccc3)n(-c3ccccc3)n2)CCN1C(=O)C(c1ccccc1)c1ccccc1. The lowest BCUT2D eigenvalue weighted by Crippen LogP contribution is -2.59. The molecular formula is C35H32N4O3. The van der Waals surface area contributed by atoms with E-state index < -0.39 is 17.9 Å². The van der Waals surface area contributed by atoms with Crippen molar-refractivity contribution < 1.29 is 14.3 Å².